The predicted molar refractivity (Wildman–Crippen MR) is 103 cm³/mol. The molecule has 0 spiro atoms. The predicted octanol–water partition coefficient (Wildman–Crippen LogP) is 4.30. The van der Waals surface area contributed by atoms with Gasteiger partial charge in [0.25, 0.3) is 0 Å². The minimum atomic E-state index is -0.701. The summed E-state index contributed by atoms with van der Waals surface area (Å²) in [6.45, 7) is 6.85. The molecule has 0 saturated heterocycles. The Labute approximate surface area is 163 Å². The van der Waals surface area contributed by atoms with E-state index in [1.165, 1.54) is 0 Å². The topological polar surface area (TPSA) is 74.6 Å². The Morgan fingerprint density at radius 1 is 1.11 bits per heavy atom. The Kier molecular flexibility index (Phi) is 4.73. The number of ketones is 1. The van der Waals surface area contributed by atoms with Gasteiger partial charge in [-0.25, -0.2) is 0 Å². The van der Waals surface area contributed by atoms with E-state index in [1.807, 2.05) is 0 Å². The van der Waals surface area contributed by atoms with Gasteiger partial charge in [-0.2, -0.15) is 0 Å². The monoisotopic (exact) mass is 376 g/mol. The summed E-state index contributed by atoms with van der Waals surface area (Å²) < 4.78 is 0. The van der Waals surface area contributed by atoms with Gasteiger partial charge in [0.15, 0.2) is 0 Å². The third kappa shape index (κ3) is 2.89. The van der Waals surface area contributed by atoms with Gasteiger partial charge in [-0.15, -0.1) is 0 Å². The second-order valence-corrected chi connectivity index (χ2v) is 10.8. The van der Waals surface area contributed by atoms with Crippen LogP contribution in [-0.4, -0.2) is 28.1 Å². The zero-order chi connectivity index (χ0) is 19.6. The maximum atomic E-state index is 13.3. The fourth-order valence-corrected chi connectivity index (χ4v) is 8.30. The van der Waals surface area contributed by atoms with Crippen molar-refractivity contribution in [1.29, 1.82) is 0 Å². The van der Waals surface area contributed by atoms with Crippen LogP contribution in [0.15, 0.2) is 0 Å². The normalized spacial score (nSPS) is 50.4. The van der Waals surface area contributed by atoms with Gasteiger partial charge in [0, 0.05) is 18.8 Å². The number of hydrogen-bond acceptors (Lipinski definition) is 3. The zero-order valence-electron chi connectivity index (χ0n) is 17.1. The van der Waals surface area contributed by atoms with Gasteiger partial charge in [0.05, 0.1) is 6.10 Å². The van der Waals surface area contributed by atoms with Gasteiger partial charge >= 0.3 is 5.97 Å². The van der Waals surface area contributed by atoms with E-state index in [0.29, 0.717) is 35.9 Å². The zero-order valence-corrected chi connectivity index (χ0v) is 17.1. The van der Waals surface area contributed by atoms with Crippen molar-refractivity contribution in [3.63, 3.8) is 0 Å². The summed E-state index contributed by atoms with van der Waals surface area (Å²) in [4.78, 5) is 24.6. The number of aliphatic hydroxyl groups is 1. The van der Waals surface area contributed by atoms with Crippen LogP contribution in [0.3, 0.4) is 0 Å². The maximum Gasteiger partial charge on any atom is 0.303 e. The van der Waals surface area contributed by atoms with Crippen molar-refractivity contribution in [1.82, 2.24) is 0 Å². The molecule has 0 heterocycles. The number of rotatable bonds is 3. The van der Waals surface area contributed by atoms with E-state index in [2.05, 4.69) is 20.8 Å². The van der Waals surface area contributed by atoms with Gasteiger partial charge in [0.1, 0.15) is 5.78 Å². The Morgan fingerprint density at radius 3 is 2.48 bits per heavy atom. The Morgan fingerprint density at radius 2 is 1.78 bits per heavy atom. The lowest BCUT2D eigenvalue weighted by Gasteiger charge is -2.60. The molecular weight excluding hydrogens is 340 g/mol. The van der Waals surface area contributed by atoms with Crippen LogP contribution in [0.1, 0.15) is 78.6 Å². The lowest BCUT2D eigenvalue weighted by Crippen LogP contribution is -2.57. The fraction of sp³-hybridized carbons (Fsp3) is 0.913. The molecule has 0 radical (unpaired) electrons. The van der Waals surface area contributed by atoms with Crippen molar-refractivity contribution < 1.29 is 19.8 Å². The van der Waals surface area contributed by atoms with Crippen LogP contribution in [0.5, 0.6) is 0 Å². The molecule has 9 atom stereocenters. The van der Waals surface area contributed by atoms with Crippen molar-refractivity contribution in [2.24, 2.45) is 46.3 Å². The van der Waals surface area contributed by atoms with E-state index in [0.717, 1.165) is 44.9 Å². The largest absolute Gasteiger partial charge is 0.481 e. The van der Waals surface area contributed by atoms with E-state index in [-0.39, 0.29) is 35.2 Å². The molecule has 2 N–H and O–H groups in total. The number of aliphatic hydroxyl groups excluding tert-OH is 1. The Bertz CT molecular complexity index is 630. The third-order valence-corrected chi connectivity index (χ3v) is 9.70. The third-order valence-electron chi connectivity index (χ3n) is 9.70. The van der Waals surface area contributed by atoms with Crippen LogP contribution in [0.25, 0.3) is 0 Å². The van der Waals surface area contributed by atoms with Crippen molar-refractivity contribution in [3.05, 3.63) is 0 Å². The van der Waals surface area contributed by atoms with Gasteiger partial charge < -0.3 is 10.2 Å². The summed E-state index contributed by atoms with van der Waals surface area (Å²) in [6.07, 6.45) is 7.78. The van der Waals surface area contributed by atoms with Crippen LogP contribution in [0, 0.1) is 46.3 Å². The number of carbonyl (C=O) groups excluding carboxylic acids is 1. The first-order valence-corrected chi connectivity index (χ1v) is 11.1. The van der Waals surface area contributed by atoms with Crippen molar-refractivity contribution in [2.75, 3.05) is 0 Å². The first-order chi connectivity index (χ1) is 12.7. The highest BCUT2D eigenvalue weighted by atomic mass is 16.4. The summed E-state index contributed by atoms with van der Waals surface area (Å²) in [7, 11) is 0. The smallest absolute Gasteiger partial charge is 0.303 e. The molecule has 0 aromatic heterocycles. The van der Waals surface area contributed by atoms with Crippen LogP contribution in [-0.2, 0) is 9.59 Å². The molecule has 4 nitrogen and oxygen atoms in total. The molecule has 0 aliphatic heterocycles. The standard InChI is InChI=1S/C23H36O4/c1-13(10-20(26)27)16-4-5-17-21-18(7-9-23(16,17)3)22(2)8-6-15(24)11-14(22)12-19(21)25/h13-18,21,24H,4-12H2,1-3H3,(H,26,27)/t13-,14+,15-,16-,17?,18?,21+,22+,23-/m1/s1. The quantitative estimate of drug-likeness (QED) is 0.770. The first-order valence-electron chi connectivity index (χ1n) is 11.1. The van der Waals surface area contributed by atoms with Crippen LogP contribution in [0.2, 0.25) is 0 Å². The van der Waals surface area contributed by atoms with Gasteiger partial charge in [0.2, 0.25) is 0 Å². The molecule has 0 aromatic rings. The lowest BCUT2D eigenvalue weighted by molar-refractivity contribution is -0.161. The maximum absolute atomic E-state index is 13.3. The molecule has 27 heavy (non-hydrogen) atoms. The summed E-state index contributed by atoms with van der Waals surface area (Å²) in [5.41, 5.74) is 0.312. The highest BCUT2D eigenvalue weighted by Crippen LogP contribution is 2.67. The Hall–Kier alpha value is -0.900. The van der Waals surface area contributed by atoms with Gasteiger partial charge in [-0.3, -0.25) is 9.59 Å². The minimum absolute atomic E-state index is 0.114. The molecule has 0 bridgehead atoms. The SMILES string of the molecule is C[C@H](CC(=O)O)[C@H]1CCC2[C@@H]3C(=O)C[C@@H]4C[C@H](O)CC[C@]4(C)C3CC[C@@]21C. The minimum Gasteiger partial charge on any atom is -0.481 e. The summed E-state index contributed by atoms with van der Waals surface area (Å²) in [5, 5.41) is 19.4. The average molecular weight is 377 g/mol. The van der Waals surface area contributed by atoms with Gasteiger partial charge in [-0.1, -0.05) is 20.8 Å². The number of carbonyl (C=O) groups is 2. The van der Waals surface area contributed by atoms with E-state index in [1.54, 1.807) is 0 Å². The van der Waals surface area contributed by atoms with Crippen LogP contribution >= 0.6 is 0 Å². The van der Waals surface area contributed by atoms with Crippen molar-refractivity contribution >= 4 is 11.8 Å². The second kappa shape index (κ2) is 6.57. The summed E-state index contributed by atoms with van der Waals surface area (Å²) >= 11 is 0. The van der Waals surface area contributed by atoms with Crippen molar-refractivity contribution in [2.45, 2.75) is 84.7 Å². The molecule has 4 aliphatic carbocycles. The molecule has 152 valence electrons. The molecule has 4 fully saturated rings. The number of hydrogen-bond donors (Lipinski definition) is 2. The number of carboxylic acid groups (broad SMARTS) is 1. The molecule has 4 saturated carbocycles. The van der Waals surface area contributed by atoms with E-state index >= 15 is 0 Å². The second-order valence-electron chi connectivity index (χ2n) is 10.8. The molecule has 0 aromatic carbocycles. The molecule has 4 aliphatic rings. The number of aliphatic carboxylic acids is 1. The number of carboxylic acids is 1. The summed E-state index contributed by atoms with van der Waals surface area (Å²) in [5.74, 6) is 1.75. The summed E-state index contributed by atoms with van der Waals surface area (Å²) in [6, 6.07) is 0. The van der Waals surface area contributed by atoms with E-state index in [4.69, 9.17) is 0 Å². The first kappa shape index (κ1) is 19.4. The van der Waals surface area contributed by atoms with Crippen LogP contribution < -0.4 is 0 Å². The molecule has 4 heteroatoms. The number of fused-ring (bicyclic) bond motifs is 5. The average Bonchev–Trinajstić information content (AvgIpc) is 2.93. The Balaban J connectivity index is 1.61. The molecular formula is C23H36O4. The highest BCUT2D eigenvalue weighted by Gasteiger charge is 2.63. The van der Waals surface area contributed by atoms with E-state index in [9.17, 15) is 19.8 Å². The number of Topliss-reactive ketones (excluding diaryl/α,β-unsaturated/α-hetero) is 1. The molecule has 2 unspecified atom stereocenters. The molecule has 0 amide bonds. The molecule has 4 rings (SSSR count). The van der Waals surface area contributed by atoms with Crippen LogP contribution in [0.4, 0.5) is 0 Å². The van der Waals surface area contributed by atoms with Gasteiger partial charge in [-0.05, 0) is 85.4 Å². The van der Waals surface area contributed by atoms with Crippen molar-refractivity contribution in [3.8, 4) is 0 Å². The highest BCUT2D eigenvalue weighted by molar-refractivity contribution is 5.83. The fourth-order valence-electron chi connectivity index (χ4n) is 8.30. The van der Waals surface area contributed by atoms with E-state index < -0.39 is 5.97 Å². The lowest BCUT2D eigenvalue weighted by atomic mass is 9.44.